The first-order chi connectivity index (χ1) is 15.5. The van der Waals surface area contributed by atoms with Crippen LogP contribution in [0.3, 0.4) is 0 Å². The number of benzene rings is 2. The summed E-state index contributed by atoms with van der Waals surface area (Å²) in [7, 11) is 0. The normalized spacial score (nSPS) is 18.1. The number of rotatable bonds is 4. The van der Waals surface area contributed by atoms with Crippen LogP contribution in [0.4, 0.5) is 5.69 Å². The maximum absolute atomic E-state index is 6.44. The highest BCUT2D eigenvalue weighted by Gasteiger charge is 2.42. The number of aryl methyl sites for hydroxylation is 1. The first kappa shape index (κ1) is 21.4. The molecule has 3 heterocycles. The number of anilines is 1. The van der Waals surface area contributed by atoms with Gasteiger partial charge in [-0.15, -0.1) is 0 Å². The molecule has 1 N–H and O–H groups in total. The molecule has 2 atom stereocenters. The van der Waals surface area contributed by atoms with Gasteiger partial charge in [0.05, 0.1) is 11.7 Å². The van der Waals surface area contributed by atoms with Gasteiger partial charge >= 0.3 is 0 Å². The van der Waals surface area contributed by atoms with Crippen LogP contribution < -0.4 is 10.2 Å². The van der Waals surface area contributed by atoms with Crippen LogP contribution in [0.1, 0.15) is 29.1 Å². The Kier molecular flexibility index (Phi) is 5.88. The Morgan fingerprint density at radius 1 is 1.00 bits per heavy atom. The van der Waals surface area contributed by atoms with E-state index in [-0.39, 0.29) is 12.1 Å². The molecule has 160 valence electrons. The van der Waals surface area contributed by atoms with E-state index < -0.39 is 0 Å². The van der Waals surface area contributed by atoms with E-state index in [0.29, 0.717) is 5.11 Å². The van der Waals surface area contributed by atoms with Crippen molar-refractivity contribution in [1.29, 1.82) is 0 Å². The molecule has 1 aliphatic rings. The molecule has 4 nitrogen and oxygen atoms in total. The van der Waals surface area contributed by atoms with Crippen LogP contribution in [0.2, 0.25) is 0 Å². The molecule has 2 aromatic carbocycles. The van der Waals surface area contributed by atoms with Crippen LogP contribution in [0.15, 0.2) is 92.4 Å². The zero-order valence-electron chi connectivity index (χ0n) is 17.1. The van der Waals surface area contributed by atoms with Gasteiger partial charge in [0.2, 0.25) is 0 Å². The van der Waals surface area contributed by atoms with Crippen molar-refractivity contribution >= 4 is 54.9 Å². The molecule has 1 aliphatic heterocycles. The monoisotopic (exact) mass is 567 g/mol. The van der Waals surface area contributed by atoms with Gasteiger partial charge in [-0.2, -0.15) is 0 Å². The molecule has 7 heteroatoms. The fraction of sp³-hybridized carbons (Fsp3) is 0.120. The molecule has 0 aliphatic carbocycles. The van der Waals surface area contributed by atoms with Crippen LogP contribution in [-0.2, 0) is 0 Å². The zero-order chi connectivity index (χ0) is 22.2. The van der Waals surface area contributed by atoms with Gasteiger partial charge in [-0.1, -0.05) is 44.0 Å². The lowest BCUT2D eigenvalue weighted by molar-refractivity contribution is 0.439. The van der Waals surface area contributed by atoms with E-state index in [9.17, 15) is 0 Å². The Morgan fingerprint density at radius 2 is 1.81 bits per heavy atom. The van der Waals surface area contributed by atoms with Gasteiger partial charge in [0, 0.05) is 26.4 Å². The molecule has 4 aromatic rings. The lowest BCUT2D eigenvalue weighted by atomic mass is 10.0. The van der Waals surface area contributed by atoms with Crippen LogP contribution in [0.5, 0.6) is 0 Å². The third kappa shape index (κ3) is 4.00. The number of halogens is 2. The molecule has 0 bridgehead atoms. The number of furan rings is 1. The highest BCUT2D eigenvalue weighted by Crippen LogP contribution is 2.43. The average Bonchev–Trinajstić information content (AvgIpc) is 3.39. The van der Waals surface area contributed by atoms with Crippen LogP contribution in [0.25, 0.3) is 11.3 Å². The number of nitrogens with one attached hydrogen (secondary N) is 1. The van der Waals surface area contributed by atoms with E-state index in [0.717, 1.165) is 37.4 Å². The molecular formula is C25H19Br2N3OS. The summed E-state index contributed by atoms with van der Waals surface area (Å²) in [6.07, 6.45) is 1.80. The van der Waals surface area contributed by atoms with Gasteiger partial charge in [-0.05, 0) is 85.4 Å². The van der Waals surface area contributed by atoms with Crippen molar-refractivity contribution in [1.82, 2.24) is 10.3 Å². The van der Waals surface area contributed by atoms with E-state index in [1.54, 1.807) is 6.20 Å². The summed E-state index contributed by atoms with van der Waals surface area (Å²) in [6, 6.07) is 24.0. The maximum atomic E-state index is 6.44. The summed E-state index contributed by atoms with van der Waals surface area (Å²) in [6.45, 7) is 2.07. The van der Waals surface area contributed by atoms with Crippen LogP contribution in [0, 0.1) is 6.92 Å². The number of thiocarbonyl (C=S) groups is 1. The second kappa shape index (κ2) is 8.81. The Morgan fingerprint density at radius 3 is 2.53 bits per heavy atom. The van der Waals surface area contributed by atoms with Gasteiger partial charge in [0.25, 0.3) is 0 Å². The summed E-state index contributed by atoms with van der Waals surface area (Å²) in [5.74, 6) is 1.62. The van der Waals surface area contributed by atoms with Crippen LogP contribution >= 0.6 is 44.1 Å². The Hall–Kier alpha value is -2.48. The first-order valence-corrected chi connectivity index (χ1v) is 12.1. The Labute approximate surface area is 208 Å². The molecule has 0 spiro atoms. The van der Waals surface area contributed by atoms with Crippen molar-refractivity contribution in [3.63, 3.8) is 0 Å². The minimum atomic E-state index is -0.184. The SMILES string of the molecule is Cc1ccc(-c2ccc([C@H]3[C@H](c4ccccn4)NC(=S)N3c3ccc(Br)cc3)o2)c(Br)c1. The van der Waals surface area contributed by atoms with Crippen molar-refractivity contribution in [2.24, 2.45) is 0 Å². The molecule has 0 radical (unpaired) electrons. The highest BCUT2D eigenvalue weighted by atomic mass is 79.9. The topological polar surface area (TPSA) is 41.3 Å². The fourth-order valence-electron chi connectivity index (χ4n) is 4.00. The fourth-order valence-corrected chi connectivity index (χ4v) is 5.30. The standard InChI is InChI=1S/C25H19Br2N3OS/c1-15-5-10-18(19(27)14-15)21-11-12-22(31-21)24-23(20-4-2-3-13-28-20)29-25(32)30(24)17-8-6-16(26)7-9-17/h2-14,23-24H,1H3,(H,29,32)/t23-,24-/m0/s1. The summed E-state index contributed by atoms with van der Waals surface area (Å²) in [5, 5.41) is 4.10. The Balaban J connectivity index is 1.60. The number of aromatic nitrogens is 1. The molecule has 0 saturated carbocycles. The molecule has 1 fully saturated rings. The minimum absolute atomic E-state index is 0.146. The largest absolute Gasteiger partial charge is 0.459 e. The second-order valence-electron chi connectivity index (χ2n) is 7.66. The van der Waals surface area contributed by atoms with Crippen molar-refractivity contribution in [3.8, 4) is 11.3 Å². The van der Waals surface area contributed by atoms with E-state index in [1.165, 1.54) is 5.56 Å². The van der Waals surface area contributed by atoms with Gasteiger partial charge in [0.1, 0.15) is 17.6 Å². The van der Waals surface area contributed by atoms with Crippen molar-refractivity contribution in [2.45, 2.75) is 19.0 Å². The second-order valence-corrected chi connectivity index (χ2v) is 9.82. The lowest BCUT2D eigenvalue weighted by Gasteiger charge is -2.26. The molecule has 0 unspecified atom stereocenters. The van der Waals surface area contributed by atoms with Crippen molar-refractivity contribution in [2.75, 3.05) is 4.90 Å². The predicted molar refractivity (Wildman–Crippen MR) is 139 cm³/mol. The predicted octanol–water partition coefficient (Wildman–Crippen LogP) is 7.35. The van der Waals surface area contributed by atoms with E-state index in [2.05, 4.69) is 72.2 Å². The molecule has 2 aromatic heterocycles. The smallest absolute Gasteiger partial charge is 0.174 e. The quantitative estimate of drug-likeness (QED) is 0.261. The number of hydrogen-bond donors (Lipinski definition) is 1. The summed E-state index contributed by atoms with van der Waals surface area (Å²) >= 11 is 13.0. The first-order valence-electron chi connectivity index (χ1n) is 10.1. The van der Waals surface area contributed by atoms with Crippen molar-refractivity contribution < 1.29 is 4.42 Å². The molecule has 5 rings (SSSR count). The average molecular weight is 569 g/mol. The molecule has 0 amide bonds. The zero-order valence-corrected chi connectivity index (χ0v) is 21.1. The van der Waals surface area contributed by atoms with Crippen molar-refractivity contribution in [3.05, 3.63) is 105 Å². The number of hydrogen-bond acceptors (Lipinski definition) is 3. The van der Waals surface area contributed by atoms with Gasteiger partial charge in [-0.3, -0.25) is 4.98 Å². The Bertz CT molecular complexity index is 1270. The van der Waals surface area contributed by atoms with E-state index >= 15 is 0 Å². The molecule has 1 saturated heterocycles. The molecular weight excluding hydrogens is 550 g/mol. The van der Waals surface area contributed by atoms with E-state index in [1.807, 2.05) is 54.6 Å². The number of nitrogens with zero attached hydrogens (tertiary/aromatic N) is 2. The van der Waals surface area contributed by atoms with E-state index in [4.69, 9.17) is 16.6 Å². The summed E-state index contributed by atoms with van der Waals surface area (Å²) < 4.78 is 8.46. The highest BCUT2D eigenvalue weighted by molar-refractivity contribution is 9.10. The lowest BCUT2D eigenvalue weighted by Crippen LogP contribution is -2.29. The third-order valence-electron chi connectivity index (χ3n) is 5.51. The minimum Gasteiger partial charge on any atom is -0.459 e. The number of pyridine rings is 1. The van der Waals surface area contributed by atoms with Gasteiger partial charge < -0.3 is 14.6 Å². The van der Waals surface area contributed by atoms with Crippen LogP contribution in [-0.4, -0.2) is 10.1 Å². The molecule has 32 heavy (non-hydrogen) atoms. The van der Waals surface area contributed by atoms with Gasteiger partial charge in [0.15, 0.2) is 5.11 Å². The summed E-state index contributed by atoms with van der Waals surface area (Å²) in [5.41, 5.74) is 4.10. The third-order valence-corrected chi connectivity index (χ3v) is 7.01. The maximum Gasteiger partial charge on any atom is 0.174 e. The van der Waals surface area contributed by atoms with Gasteiger partial charge in [-0.25, -0.2) is 0 Å². The summed E-state index contributed by atoms with van der Waals surface area (Å²) in [4.78, 5) is 6.70.